The zero-order chi connectivity index (χ0) is 26.4. The fourth-order valence-corrected chi connectivity index (χ4v) is 6.61. The van der Waals surface area contributed by atoms with Gasteiger partial charge in [-0.15, -0.1) is 0 Å². The Labute approximate surface area is 222 Å². The van der Waals surface area contributed by atoms with E-state index < -0.39 is 0 Å². The number of amides is 1. The van der Waals surface area contributed by atoms with Crippen molar-refractivity contribution in [2.45, 2.75) is 102 Å². The molecule has 0 aliphatic heterocycles. The molecule has 4 rings (SSSR count). The summed E-state index contributed by atoms with van der Waals surface area (Å²) < 4.78 is 30.4. The molecule has 1 amide bonds. The minimum absolute atomic E-state index is 0.0675. The average Bonchev–Trinajstić information content (AvgIpc) is 2.93. The Morgan fingerprint density at radius 3 is 2.24 bits per heavy atom. The second-order valence-corrected chi connectivity index (χ2v) is 11.3. The van der Waals surface area contributed by atoms with E-state index in [9.17, 15) is 4.79 Å². The minimum atomic E-state index is -0.263. The van der Waals surface area contributed by atoms with E-state index in [0.717, 1.165) is 50.0 Å². The second-order valence-electron chi connectivity index (χ2n) is 11.3. The van der Waals surface area contributed by atoms with Crippen molar-refractivity contribution in [1.29, 1.82) is 0 Å². The molecule has 0 bridgehead atoms. The summed E-state index contributed by atoms with van der Waals surface area (Å²) in [6, 6.07) is 10.9. The molecular weight excluding hydrogens is 464 g/mol. The van der Waals surface area contributed by atoms with E-state index in [1.165, 1.54) is 50.7 Å². The van der Waals surface area contributed by atoms with Gasteiger partial charge in [-0.2, -0.15) is 0 Å². The summed E-state index contributed by atoms with van der Waals surface area (Å²) in [5, 5.41) is 0. The summed E-state index contributed by atoms with van der Waals surface area (Å²) in [5.74, 6) is 0.801. The molecule has 0 N–H and O–H groups in total. The van der Waals surface area contributed by atoms with Gasteiger partial charge in [0.15, 0.2) is 0 Å². The Morgan fingerprint density at radius 1 is 0.919 bits per heavy atom. The molecule has 2 aliphatic carbocycles. The van der Waals surface area contributed by atoms with Crippen LogP contribution in [0.5, 0.6) is 0 Å². The van der Waals surface area contributed by atoms with Crippen LogP contribution in [-0.4, -0.2) is 23.9 Å². The molecule has 2 aliphatic rings. The van der Waals surface area contributed by atoms with Gasteiger partial charge < -0.3 is 4.90 Å². The van der Waals surface area contributed by atoms with Crippen molar-refractivity contribution in [3.05, 3.63) is 71.8 Å². The summed E-state index contributed by atoms with van der Waals surface area (Å²) in [7, 11) is 1.81. The van der Waals surface area contributed by atoms with Gasteiger partial charge in [0, 0.05) is 18.7 Å². The average molecular weight is 508 g/mol. The van der Waals surface area contributed by atoms with Crippen molar-refractivity contribution < 1.29 is 13.6 Å². The molecule has 0 unspecified atom stereocenters. The molecule has 200 valence electrons. The van der Waals surface area contributed by atoms with Crippen LogP contribution >= 0.6 is 0 Å². The summed E-state index contributed by atoms with van der Waals surface area (Å²) in [6.45, 7) is 5.81. The standard InChI is InChI=1S/C33H43F2NO/c1-4-6-7-8-23-9-11-24(12-10-23)26-15-19-30(31(34)21-26)27-16-20-29(32(35)22-27)25-13-17-28(18-14-25)36(3)33(37)5-2/h5,15-16,19-25,28H,2,4,6-14,17-18H2,1,3H3. The van der Waals surface area contributed by atoms with Crippen LogP contribution in [0.2, 0.25) is 0 Å². The molecule has 0 heterocycles. The number of benzene rings is 2. The molecule has 2 aromatic rings. The van der Waals surface area contributed by atoms with Crippen molar-refractivity contribution in [3.63, 3.8) is 0 Å². The van der Waals surface area contributed by atoms with E-state index in [-0.39, 0.29) is 29.5 Å². The van der Waals surface area contributed by atoms with Gasteiger partial charge in [0.25, 0.3) is 0 Å². The Balaban J connectivity index is 1.37. The Kier molecular flexibility index (Phi) is 9.56. The quantitative estimate of drug-likeness (QED) is 0.245. The Hall–Kier alpha value is -2.49. The molecule has 0 saturated heterocycles. The van der Waals surface area contributed by atoms with Crippen molar-refractivity contribution >= 4 is 5.91 Å². The Morgan fingerprint density at radius 2 is 1.62 bits per heavy atom. The normalized spacial score (nSPS) is 24.0. The third-order valence-electron chi connectivity index (χ3n) is 9.05. The lowest BCUT2D eigenvalue weighted by Gasteiger charge is -2.34. The third-order valence-corrected chi connectivity index (χ3v) is 9.05. The summed E-state index contributed by atoms with van der Waals surface area (Å²) in [6.07, 6.45) is 14.7. The predicted octanol–water partition coefficient (Wildman–Crippen LogP) is 9.16. The fraction of sp³-hybridized carbons (Fsp3) is 0.545. The smallest absolute Gasteiger partial charge is 0.245 e. The summed E-state index contributed by atoms with van der Waals surface area (Å²) in [5.41, 5.74) is 2.85. The molecule has 2 saturated carbocycles. The van der Waals surface area contributed by atoms with Crippen molar-refractivity contribution in [2.75, 3.05) is 7.05 Å². The SMILES string of the molecule is C=CC(=O)N(C)C1CCC(c2ccc(-c3ccc(C4CCC(CCCCC)CC4)cc3F)cc2F)CC1. The number of unbranched alkanes of at least 4 members (excludes halogenated alkanes) is 2. The first kappa shape index (κ1) is 27.5. The monoisotopic (exact) mass is 507 g/mol. The van der Waals surface area contributed by atoms with Gasteiger partial charge in [-0.25, -0.2) is 8.78 Å². The highest BCUT2D eigenvalue weighted by atomic mass is 19.1. The van der Waals surface area contributed by atoms with E-state index in [1.54, 1.807) is 11.0 Å². The molecule has 4 heteroatoms. The van der Waals surface area contributed by atoms with Gasteiger partial charge in [0.2, 0.25) is 5.91 Å². The maximum Gasteiger partial charge on any atom is 0.245 e. The highest BCUT2D eigenvalue weighted by molar-refractivity contribution is 5.87. The van der Waals surface area contributed by atoms with Crippen LogP contribution in [-0.2, 0) is 4.79 Å². The highest BCUT2D eigenvalue weighted by Crippen LogP contribution is 2.40. The summed E-state index contributed by atoms with van der Waals surface area (Å²) >= 11 is 0. The number of hydrogen-bond donors (Lipinski definition) is 0. The van der Waals surface area contributed by atoms with Gasteiger partial charge in [0.1, 0.15) is 11.6 Å². The van der Waals surface area contributed by atoms with Crippen LogP contribution in [0.4, 0.5) is 8.78 Å². The van der Waals surface area contributed by atoms with Crippen molar-refractivity contribution in [3.8, 4) is 11.1 Å². The molecule has 0 aromatic heterocycles. The number of likely N-dealkylation sites (N-methyl/N-ethyl adjacent to an activating group) is 1. The third kappa shape index (κ3) is 6.69. The zero-order valence-electron chi connectivity index (χ0n) is 22.7. The number of carbonyl (C=O) groups is 1. The molecule has 2 aromatic carbocycles. The van der Waals surface area contributed by atoms with Gasteiger partial charge in [0.05, 0.1) is 0 Å². The van der Waals surface area contributed by atoms with Gasteiger partial charge in [-0.1, -0.05) is 63.5 Å². The van der Waals surface area contributed by atoms with Crippen molar-refractivity contribution in [2.24, 2.45) is 5.92 Å². The van der Waals surface area contributed by atoms with Crippen LogP contribution in [0.15, 0.2) is 49.1 Å². The van der Waals surface area contributed by atoms with Crippen LogP contribution in [0.3, 0.4) is 0 Å². The van der Waals surface area contributed by atoms with E-state index in [1.807, 2.05) is 25.2 Å². The number of hydrogen-bond acceptors (Lipinski definition) is 1. The molecule has 0 radical (unpaired) electrons. The van der Waals surface area contributed by atoms with E-state index in [2.05, 4.69) is 19.6 Å². The molecule has 2 fully saturated rings. The zero-order valence-corrected chi connectivity index (χ0v) is 22.7. The number of carbonyl (C=O) groups excluding carboxylic acids is 1. The van der Waals surface area contributed by atoms with Gasteiger partial charge in [-0.3, -0.25) is 4.79 Å². The molecule has 0 atom stereocenters. The van der Waals surface area contributed by atoms with E-state index >= 15 is 8.78 Å². The second kappa shape index (κ2) is 12.8. The largest absolute Gasteiger partial charge is 0.339 e. The van der Waals surface area contributed by atoms with E-state index in [0.29, 0.717) is 22.6 Å². The topological polar surface area (TPSA) is 20.3 Å². The molecule has 2 nitrogen and oxygen atoms in total. The van der Waals surface area contributed by atoms with Gasteiger partial charge in [-0.05, 0) is 104 Å². The first-order valence-electron chi connectivity index (χ1n) is 14.4. The lowest BCUT2D eigenvalue weighted by molar-refractivity contribution is -0.127. The number of halogens is 2. The maximum absolute atomic E-state index is 15.2. The van der Waals surface area contributed by atoms with Crippen LogP contribution in [0.25, 0.3) is 11.1 Å². The van der Waals surface area contributed by atoms with Crippen LogP contribution in [0.1, 0.15) is 107 Å². The maximum atomic E-state index is 15.2. The molecule has 37 heavy (non-hydrogen) atoms. The van der Waals surface area contributed by atoms with Crippen LogP contribution in [0, 0.1) is 17.6 Å². The Bertz CT molecular complexity index is 1060. The molecular formula is C33H43F2NO. The highest BCUT2D eigenvalue weighted by Gasteiger charge is 2.28. The minimum Gasteiger partial charge on any atom is -0.339 e. The first-order valence-corrected chi connectivity index (χ1v) is 14.4. The predicted molar refractivity (Wildman–Crippen MR) is 149 cm³/mol. The van der Waals surface area contributed by atoms with E-state index in [4.69, 9.17) is 0 Å². The lowest BCUT2D eigenvalue weighted by atomic mass is 9.77. The first-order chi connectivity index (χ1) is 17.9. The van der Waals surface area contributed by atoms with Crippen molar-refractivity contribution in [1.82, 2.24) is 4.90 Å². The van der Waals surface area contributed by atoms with Gasteiger partial charge >= 0.3 is 0 Å². The number of rotatable bonds is 9. The lowest BCUT2D eigenvalue weighted by Crippen LogP contribution is -2.38. The molecule has 0 spiro atoms. The number of nitrogens with zero attached hydrogens (tertiary/aromatic N) is 1. The fourth-order valence-electron chi connectivity index (χ4n) is 6.61. The van der Waals surface area contributed by atoms with Crippen LogP contribution < -0.4 is 0 Å². The summed E-state index contributed by atoms with van der Waals surface area (Å²) in [4.78, 5) is 13.6.